The van der Waals surface area contributed by atoms with Crippen LogP contribution in [0, 0.1) is 17.1 Å². The van der Waals surface area contributed by atoms with Gasteiger partial charge >= 0.3 is 5.97 Å². The third kappa shape index (κ3) is 2.87. The Morgan fingerprint density at radius 1 is 1.22 bits per heavy atom. The highest BCUT2D eigenvalue weighted by Gasteiger charge is 2.17. The number of rotatable bonds is 3. The summed E-state index contributed by atoms with van der Waals surface area (Å²) in [4.78, 5) is 12.6. The molecule has 2 aromatic carbocycles. The van der Waals surface area contributed by atoms with Crippen LogP contribution in [-0.4, -0.2) is 13.1 Å². The van der Waals surface area contributed by atoms with Crippen molar-refractivity contribution >= 4 is 27.4 Å². The van der Waals surface area contributed by atoms with Crippen LogP contribution >= 0.6 is 11.3 Å². The summed E-state index contributed by atoms with van der Waals surface area (Å²) in [6.45, 7) is 0. The topological polar surface area (TPSA) is 59.3 Å². The van der Waals surface area contributed by atoms with Crippen molar-refractivity contribution < 1.29 is 18.7 Å². The summed E-state index contributed by atoms with van der Waals surface area (Å²) in [5.74, 6) is -0.499. The van der Waals surface area contributed by atoms with Crippen LogP contribution in [0.25, 0.3) is 10.1 Å². The molecule has 0 spiro atoms. The van der Waals surface area contributed by atoms with Crippen molar-refractivity contribution in [3.63, 3.8) is 0 Å². The number of benzene rings is 2. The number of nitrogens with zero attached hydrogens (tertiary/aromatic N) is 1. The molecule has 0 radical (unpaired) electrons. The molecule has 4 nitrogen and oxygen atoms in total. The van der Waals surface area contributed by atoms with E-state index in [9.17, 15) is 9.18 Å². The normalized spacial score (nSPS) is 10.3. The first-order valence-corrected chi connectivity index (χ1v) is 7.42. The highest BCUT2D eigenvalue weighted by molar-refractivity contribution is 7.20. The second kappa shape index (κ2) is 6.07. The number of ether oxygens (including phenoxy) is 2. The minimum Gasteiger partial charge on any atom is -0.493 e. The van der Waals surface area contributed by atoms with Crippen molar-refractivity contribution in [2.45, 2.75) is 0 Å². The van der Waals surface area contributed by atoms with Crippen LogP contribution < -0.4 is 9.47 Å². The molecule has 0 fully saturated rings. The monoisotopic (exact) mass is 327 g/mol. The molecule has 0 N–H and O–H groups in total. The van der Waals surface area contributed by atoms with Crippen molar-refractivity contribution in [2.24, 2.45) is 0 Å². The van der Waals surface area contributed by atoms with Gasteiger partial charge in [0.05, 0.1) is 18.7 Å². The molecule has 1 heterocycles. The van der Waals surface area contributed by atoms with Gasteiger partial charge in [-0.25, -0.2) is 9.18 Å². The fourth-order valence-electron chi connectivity index (χ4n) is 2.10. The van der Waals surface area contributed by atoms with Gasteiger partial charge < -0.3 is 9.47 Å². The van der Waals surface area contributed by atoms with E-state index in [1.165, 1.54) is 37.4 Å². The maximum Gasteiger partial charge on any atom is 0.353 e. The number of halogens is 1. The van der Waals surface area contributed by atoms with E-state index in [2.05, 4.69) is 0 Å². The fraction of sp³-hybridized carbons (Fsp3) is 0.0588. The molecule has 0 saturated heterocycles. The predicted octanol–water partition coefficient (Wildman–Crippen LogP) is 4.14. The molecule has 0 saturated carbocycles. The van der Waals surface area contributed by atoms with Gasteiger partial charge in [-0.05, 0) is 30.3 Å². The molecule has 0 unspecified atom stereocenters. The van der Waals surface area contributed by atoms with Gasteiger partial charge in [0.1, 0.15) is 10.7 Å². The smallest absolute Gasteiger partial charge is 0.353 e. The second-order valence-corrected chi connectivity index (χ2v) is 5.71. The summed E-state index contributed by atoms with van der Waals surface area (Å²) in [6, 6.07) is 12.6. The van der Waals surface area contributed by atoms with Gasteiger partial charge in [-0.3, -0.25) is 0 Å². The van der Waals surface area contributed by atoms with Crippen LogP contribution in [0.15, 0.2) is 42.5 Å². The lowest BCUT2D eigenvalue weighted by atomic mass is 10.2. The van der Waals surface area contributed by atoms with E-state index in [1.807, 2.05) is 6.07 Å². The van der Waals surface area contributed by atoms with E-state index >= 15 is 0 Å². The summed E-state index contributed by atoms with van der Waals surface area (Å²) in [6.07, 6.45) is 0. The predicted molar refractivity (Wildman–Crippen MR) is 84.5 cm³/mol. The van der Waals surface area contributed by atoms with Crippen molar-refractivity contribution in [2.75, 3.05) is 7.11 Å². The minimum atomic E-state index is -0.603. The number of carbonyl (C=O) groups excluding carboxylic acids is 1. The largest absolute Gasteiger partial charge is 0.493 e. The minimum absolute atomic E-state index is 0.203. The molecule has 0 bridgehead atoms. The quantitative estimate of drug-likeness (QED) is 0.536. The number of fused-ring (bicyclic) bond motifs is 1. The van der Waals surface area contributed by atoms with E-state index in [4.69, 9.17) is 14.7 Å². The number of esters is 1. The first-order valence-electron chi connectivity index (χ1n) is 6.60. The van der Waals surface area contributed by atoms with E-state index in [0.717, 1.165) is 11.3 Å². The maximum atomic E-state index is 13.7. The Labute approximate surface area is 135 Å². The molecule has 0 aliphatic heterocycles. The van der Waals surface area contributed by atoms with Crippen molar-refractivity contribution in [1.82, 2.24) is 0 Å². The maximum absolute atomic E-state index is 13.7. The van der Waals surface area contributed by atoms with Crippen LogP contribution in [0.3, 0.4) is 0 Å². The lowest BCUT2D eigenvalue weighted by Gasteiger charge is -2.08. The molecule has 3 rings (SSSR count). The average Bonchev–Trinajstić information content (AvgIpc) is 3.01. The fourth-order valence-corrected chi connectivity index (χ4v) is 3.05. The Morgan fingerprint density at radius 3 is 2.74 bits per heavy atom. The summed E-state index contributed by atoms with van der Waals surface area (Å²) >= 11 is 1.15. The first-order chi connectivity index (χ1) is 11.1. The molecule has 0 amide bonds. The molecular weight excluding hydrogens is 317 g/mol. The summed E-state index contributed by atoms with van der Waals surface area (Å²) in [7, 11) is 1.42. The van der Waals surface area contributed by atoms with E-state index in [0.29, 0.717) is 15.6 Å². The number of nitriles is 1. The highest BCUT2D eigenvalue weighted by Crippen LogP contribution is 2.31. The van der Waals surface area contributed by atoms with Crippen LogP contribution in [0.2, 0.25) is 0 Å². The van der Waals surface area contributed by atoms with Gasteiger partial charge in [0.25, 0.3) is 0 Å². The molecule has 1 aromatic heterocycles. The van der Waals surface area contributed by atoms with Gasteiger partial charge in [-0.1, -0.05) is 6.07 Å². The van der Waals surface area contributed by atoms with E-state index in [1.54, 1.807) is 12.1 Å². The van der Waals surface area contributed by atoms with Gasteiger partial charge in [0, 0.05) is 16.2 Å². The summed E-state index contributed by atoms with van der Waals surface area (Å²) < 4.78 is 24.8. The third-order valence-electron chi connectivity index (χ3n) is 3.20. The molecule has 6 heteroatoms. The Morgan fingerprint density at radius 2 is 2.04 bits per heavy atom. The van der Waals surface area contributed by atoms with Gasteiger partial charge in [-0.2, -0.15) is 5.26 Å². The van der Waals surface area contributed by atoms with E-state index in [-0.39, 0.29) is 22.2 Å². The lowest BCUT2D eigenvalue weighted by molar-refractivity contribution is 0.0735. The van der Waals surface area contributed by atoms with Crippen molar-refractivity contribution in [3.8, 4) is 17.6 Å². The van der Waals surface area contributed by atoms with Crippen LogP contribution in [-0.2, 0) is 0 Å². The molecule has 114 valence electrons. The Hall–Kier alpha value is -2.91. The molecule has 3 aromatic rings. The number of carbonyl (C=O) groups is 1. The molecule has 0 atom stereocenters. The molecule has 23 heavy (non-hydrogen) atoms. The third-order valence-corrected chi connectivity index (χ3v) is 4.29. The average molecular weight is 327 g/mol. The Balaban J connectivity index is 1.92. The summed E-state index contributed by atoms with van der Waals surface area (Å²) in [5.41, 5.74) is 0.394. The SMILES string of the molecule is COc1cc(C#N)ccc1OC(=O)c1cc2c(F)cccc2s1. The number of hydrogen-bond donors (Lipinski definition) is 0. The van der Waals surface area contributed by atoms with Gasteiger partial charge in [0.2, 0.25) is 0 Å². The van der Waals surface area contributed by atoms with Crippen LogP contribution in [0.5, 0.6) is 11.5 Å². The standard InChI is InChI=1S/C17H10FNO3S/c1-21-14-7-10(9-19)5-6-13(14)22-17(20)16-8-11-12(18)3-2-4-15(11)23-16/h2-8H,1H3. The van der Waals surface area contributed by atoms with Crippen molar-refractivity contribution in [3.05, 3.63) is 58.7 Å². The van der Waals surface area contributed by atoms with E-state index < -0.39 is 5.97 Å². The Bertz CT molecular complexity index is 943. The highest BCUT2D eigenvalue weighted by atomic mass is 32.1. The molecule has 0 aliphatic rings. The Kier molecular flexibility index (Phi) is 3.96. The zero-order valence-electron chi connectivity index (χ0n) is 12.0. The molecular formula is C17H10FNO3S. The van der Waals surface area contributed by atoms with Gasteiger partial charge in [0.15, 0.2) is 11.5 Å². The molecule has 0 aliphatic carbocycles. The van der Waals surface area contributed by atoms with Crippen LogP contribution in [0.1, 0.15) is 15.2 Å². The second-order valence-electron chi connectivity index (χ2n) is 4.63. The number of methoxy groups -OCH3 is 1. The number of thiophene rings is 1. The lowest BCUT2D eigenvalue weighted by Crippen LogP contribution is -2.07. The van der Waals surface area contributed by atoms with Crippen molar-refractivity contribution in [1.29, 1.82) is 5.26 Å². The summed E-state index contributed by atoms with van der Waals surface area (Å²) in [5, 5.41) is 9.25. The zero-order chi connectivity index (χ0) is 16.4. The van der Waals surface area contributed by atoms with Crippen LogP contribution in [0.4, 0.5) is 4.39 Å². The van der Waals surface area contributed by atoms with Gasteiger partial charge in [-0.15, -0.1) is 11.3 Å². The zero-order valence-corrected chi connectivity index (χ0v) is 12.8. The number of hydrogen-bond acceptors (Lipinski definition) is 5. The first kappa shape index (κ1) is 15.0.